The highest BCUT2D eigenvalue weighted by atomic mass is 79.9. The quantitative estimate of drug-likeness (QED) is 0.882. The summed E-state index contributed by atoms with van der Waals surface area (Å²) >= 11 is 3.38. The Hall–Kier alpha value is -0.540. The summed E-state index contributed by atoms with van der Waals surface area (Å²) in [5.41, 5.74) is 0.901. The number of rotatable bonds is 2. The van der Waals surface area contributed by atoms with Crippen molar-refractivity contribution in [1.29, 1.82) is 0 Å². The van der Waals surface area contributed by atoms with Crippen LogP contribution in [-0.4, -0.2) is 11.2 Å². The fraction of sp³-hybridized carbons (Fsp3) is 0.455. The van der Waals surface area contributed by atoms with Crippen LogP contribution in [-0.2, 0) is 0 Å². The first-order valence-corrected chi connectivity index (χ1v) is 5.66. The zero-order valence-electron chi connectivity index (χ0n) is 8.03. The average molecular weight is 257 g/mol. The predicted molar refractivity (Wildman–Crippen MR) is 58.4 cm³/mol. The van der Waals surface area contributed by atoms with Gasteiger partial charge in [0.1, 0.15) is 18.0 Å². The van der Waals surface area contributed by atoms with Gasteiger partial charge in [-0.3, -0.25) is 0 Å². The predicted octanol–water partition coefficient (Wildman–Crippen LogP) is 3.04. The third kappa shape index (κ3) is 1.66. The van der Waals surface area contributed by atoms with Gasteiger partial charge in [-0.1, -0.05) is 29.3 Å². The monoisotopic (exact) mass is 256 g/mol. The molecule has 1 aliphatic rings. The Morgan fingerprint density at radius 3 is 3.00 bits per heavy atom. The van der Waals surface area contributed by atoms with E-state index < -0.39 is 6.10 Å². The Labute approximate surface area is 92.0 Å². The van der Waals surface area contributed by atoms with Crippen molar-refractivity contribution in [1.82, 2.24) is 0 Å². The molecule has 0 radical (unpaired) electrons. The maximum Gasteiger partial charge on any atom is 0.129 e. The molecule has 1 aliphatic heterocycles. The molecule has 0 saturated heterocycles. The fourth-order valence-electron chi connectivity index (χ4n) is 1.79. The van der Waals surface area contributed by atoms with E-state index in [2.05, 4.69) is 22.9 Å². The lowest BCUT2D eigenvalue weighted by atomic mass is 10.0. The standard InChI is InChI=1S/C11H13BrO2/c1-2-3-10-11(13)8-6-7(12)4-5-9(8)14-10/h4-6,10-11,13H,2-3H2,1H3. The Balaban J connectivity index is 2.27. The minimum atomic E-state index is -0.470. The largest absolute Gasteiger partial charge is 0.487 e. The van der Waals surface area contributed by atoms with Crippen molar-refractivity contribution in [2.24, 2.45) is 0 Å². The van der Waals surface area contributed by atoms with Gasteiger partial charge >= 0.3 is 0 Å². The second-order valence-corrected chi connectivity index (χ2v) is 4.49. The molecule has 2 rings (SSSR count). The normalized spacial score (nSPS) is 24.5. The number of halogens is 1. The molecule has 2 nitrogen and oxygen atoms in total. The van der Waals surface area contributed by atoms with Crippen molar-refractivity contribution in [3.63, 3.8) is 0 Å². The highest BCUT2D eigenvalue weighted by molar-refractivity contribution is 9.10. The Kier molecular flexibility index (Phi) is 2.79. The van der Waals surface area contributed by atoms with E-state index in [0.717, 1.165) is 28.6 Å². The number of benzene rings is 1. The summed E-state index contributed by atoms with van der Waals surface area (Å²) in [4.78, 5) is 0. The number of ether oxygens (including phenoxy) is 1. The van der Waals surface area contributed by atoms with Crippen LogP contribution in [0.1, 0.15) is 31.4 Å². The molecule has 0 aliphatic carbocycles. The third-order valence-corrected chi connectivity index (χ3v) is 2.99. The number of aliphatic hydroxyl groups excluding tert-OH is 1. The molecular weight excluding hydrogens is 244 g/mol. The summed E-state index contributed by atoms with van der Waals surface area (Å²) < 4.78 is 6.63. The van der Waals surface area contributed by atoms with Gasteiger partial charge in [0.05, 0.1) is 0 Å². The lowest BCUT2D eigenvalue weighted by molar-refractivity contribution is 0.0616. The van der Waals surface area contributed by atoms with E-state index in [9.17, 15) is 5.11 Å². The minimum absolute atomic E-state index is 0.0655. The van der Waals surface area contributed by atoms with Gasteiger partial charge in [-0.05, 0) is 24.6 Å². The summed E-state index contributed by atoms with van der Waals surface area (Å²) in [6.07, 6.45) is 1.39. The number of aliphatic hydroxyl groups is 1. The van der Waals surface area contributed by atoms with Gasteiger partial charge in [-0.2, -0.15) is 0 Å². The molecular formula is C11H13BrO2. The topological polar surface area (TPSA) is 29.5 Å². The van der Waals surface area contributed by atoms with Crippen molar-refractivity contribution >= 4 is 15.9 Å². The van der Waals surface area contributed by atoms with E-state index in [1.807, 2.05) is 18.2 Å². The van der Waals surface area contributed by atoms with Gasteiger partial charge in [0.15, 0.2) is 0 Å². The van der Waals surface area contributed by atoms with E-state index in [0.29, 0.717) is 0 Å². The van der Waals surface area contributed by atoms with Crippen LogP contribution < -0.4 is 4.74 Å². The summed E-state index contributed by atoms with van der Waals surface area (Å²) in [5, 5.41) is 9.95. The Morgan fingerprint density at radius 2 is 2.29 bits per heavy atom. The molecule has 76 valence electrons. The molecule has 3 heteroatoms. The van der Waals surface area contributed by atoms with Crippen LogP contribution in [0.2, 0.25) is 0 Å². The minimum Gasteiger partial charge on any atom is -0.487 e. The summed E-state index contributed by atoms with van der Waals surface area (Å²) in [5.74, 6) is 0.819. The van der Waals surface area contributed by atoms with Crippen LogP contribution in [0.25, 0.3) is 0 Å². The van der Waals surface area contributed by atoms with Crippen molar-refractivity contribution in [2.45, 2.75) is 32.0 Å². The van der Waals surface area contributed by atoms with Gasteiger partial charge in [0.25, 0.3) is 0 Å². The maximum atomic E-state index is 9.95. The molecule has 0 spiro atoms. The lowest BCUT2D eigenvalue weighted by Gasteiger charge is -2.12. The Morgan fingerprint density at radius 1 is 1.50 bits per heavy atom. The Bertz CT molecular complexity index is 338. The SMILES string of the molecule is CCCC1Oc2ccc(Br)cc2C1O. The second-order valence-electron chi connectivity index (χ2n) is 3.57. The van der Waals surface area contributed by atoms with E-state index in [1.54, 1.807) is 0 Å². The number of hydrogen-bond donors (Lipinski definition) is 1. The smallest absolute Gasteiger partial charge is 0.129 e. The molecule has 0 aromatic heterocycles. The maximum absolute atomic E-state index is 9.95. The van der Waals surface area contributed by atoms with Crippen LogP contribution >= 0.6 is 15.9 Å². The third-order valence-electron chi connectivity index (χ3n) is 2.49. The molecule has 2 unspecified atom stereocenters. The van der Waals surface area contributed by atoms with E-state index in [-0.39, 0.29) is 6.10 Å². The zero-order chi connectivity index (χ0) is 10.1. The molecule has 1 N–H and O–H groups in total. The molecule has 2 atom stereocenters. The fourth-order valence-corrected chi connectivity index (χ4v) is 2.17. The lowest BCUT2D eigenvalue weighted by Crippen LogP contribution is -2.17. The van der Waals surface area contributed by atoms with Gasteiger partial charge in [0.2, 0.25) is 0 Å². The van der Waals surface area contributed by atoms with Gasteiger partial charge in [-0.25, -0.2) is 0 Å². The average Bonchev–Trinajstić information content (AvgIpc) is 2.46. The van der Waals surface area contributed by atoms with Gasteiger partial charge in [-0.15, -0.1) is 0 Å². The highest BCUT2D eigenvalue weighted by Crippen LogP contribution is 2.39. The first kappa shape index (κ1) is 9.99. The van der Waals surface area contributed by atoms with Crippen molar-refractivity contribution in [2.75, 3.05) is 0 Å². The molecule has 1 heterocycles. The first-order chi connectivity index (χ1) is 6.72. The van der Waals surface area contributed by atoms with Gasteiger partial charge in [0, 0.05) is 10.0 Å². The molecule has 0 fully saturated rings. The molecule has 0 bridgehead atoms. The van der Waals surface area contributed by atoms with E-state index in [4.69, 9.17) is 4.74 Å². The van der Waals surface area contributed by atoms with Crippen molar-refractivity contribution in [3.05, 3.63) is 28.2 Å². The van der Waals surface area contributed by atoms with Crippen LogP contribution in [0.3, 0.4) is 0 Å². The zero-order valence-corrected chi connectivity index (χ0v) is 9.62. The summed E-state index contributed by atoms with van der Waals surface area (Å²) in [6, 6.07) is 5.76. The molecule has 0 amide bonds. The molecule has 1 aromatic rings. The summed E-state index contributed by atoms with van der Waals surface area (Å²) in [6.45, 7) is 2.09. The van der Waals surface area contributed by atoms with Crippen LogP contribution in [0.5, 0.6) is 5.75 Å². The van der Waals surface area contributed by atoms with Crippen molar-refractivity contribution in [3.8, 4) is 5.75 Å². The van der Waals surface area contributed by atoms with E-state index in [1.165, 1.54) is 0 Å². The molecule has 1 aromatic carbocycles. The number of fused-ring (bicyclic) bond motifs is 1. The van der Waals surface area contributed by atoms with Crippen LogP contribution in [0.4, 0.5) is 0 Å². The second kappa shape index (κ2) is 3.91. The van der Waals surface area contributed by atoms with E-state index >= 15 is 0 Å². The highest BCUT2D eigenvalue weighted by Gasteiger charge is 2.31. The molecule has 0 saturated carbocycles. The van der Waals surface area contributed by atoms with Crippen LogP contribution in [0.15, 0.2) is 22.7 Å². The van der Waals surface area contributed by atoms with Crippen molar-refractivity contribution < 1.29 is 9.84 Å². The van der Waals surface area contributed by atoms with Crippen LogP contribution in [0, 0.1) is 0 Å². The first-order valence-electron chi connectivity index (χ1n) is 4.86. The number of hydrogen-bond acceptors (Lipinski definition) is 2. The van der Waals surface area contributed by atoms with Gasteiger partial charge < -0.3 is 9.84 Å². The molecule has 14 heavy (non-hydrogen) atoms. The summed E-state index contributed by atoms with van der Waals surface area (Å²) in [7, 11) is 0.